The summed E-state index contributed by atoms with van der Waals surface area (Å²) >= 11 is 1.47. The van der Waals surface area contributed by atoms with E-state index in [1.807, 2.05) is 13.8 Å². The molecule has 0 aliphatic rings. The second kappa shape index (κ2) is 7.52. The van der Waals surface area contributed by atoms with Crippen LogP contribution in [0.25, 0.3) is 21.5 Å². The number of aryl methyl sites for hydroxylation is 3. The fourth-order valence-electron chi connectivity index (χ4n) is 3.00. The van der Waals surface area contributed by atoms with Crippen molar-refractivity contribution in [3.8, 4) is 11.3 Å². The average molecular weight is 395 g/mol. The number of carbonyl (C=O) groups is 1. The molecule has 1 N–H and O–H groups in total. The first-order valence-electron chi connectivity index (χ1n) is 8.86. The Kier molecular flexibility index (Phi) is 4.92. The van der Waals surface area contributed by atoms with Crippen LogP contribution < -0.4 is 5.32 Å². The number of thiazole rings is 1. The Hall–Kier alpha value is -3.06. The van der Waals surface area contributed by atoms with E-state index in [0.29, 0.717) is 23.2 Å². The lowest BCUT2D eigenvalue weighted by atomic mass is 10.1. The number of hydrogen-bond donors (Lipinski definition) is 1. The number of anilines is 1. The van der Waals surface area contributed by atoms with Gasteiger partial charge in [0.1, 0.15) is 5.82 Å². The van der Waals surface area contributed by atoms with Crippen LogP contribution in [0.15, 0.2) is 47.0 Å². The van der Waals surface area contributed by atoms with Crippen molar-refractivity contribution in [3.63, 3.8) is 0 Å². The number of oxazole rings is 1. The van der Waals surface area contributed by atoms with Crippen LogP contribution in [0, 0.1) is 19.7 Å². The van der Waals surface area contributed by atoms with Crippen molar-refractivity contribution < 1.29 is 13.6 Å². The van der Waals surface area contributed by atoms with E-state index in [1.54, 1.807) is 18.3 Å². The molecule has 2 aromatic carbocycles. The summed E-state index contributed by atoms with van der Waals surface area (Å²) in [6.07, 6.45) is 2.19. The van der Waals surface area contributed by atoms with Crippen LogP contribution in [0.4, 0.5) is 9.52 Å². The van der Waals surface area contributed by atoms with E-state index in [4.69, 9.17) is 4.42 Å². The summed E-state index contributed by atoms with van der Waals surface area (Å²) in [6, 6.07) is 10.1. The quantitative estimate of drug-likeness (QED) is 0.499. The summed E-state index contributed by atoms with van der Waals surface area (Å²) in [5.41, 5.74) is 3.93. The third kappa shape index (κ3) is 3.94. The van der Waals surface area contributed by atoms with E-state index in [0.717, 1.165) is 21.3 Å². The number of aromatic nitrogens is 2. The van der Waals surface area contributed by atoms with Crippen molar-refractivity contribution in [1.82, 2.24) is 9.97 Å². The second-order valence-corrected chi connectivity index (χ2v) is 7.65. The number of nitrogens with one attached hydrogen (secondary N) is 1. The molecule has 0 bridgehead atoms. The molecule has 0 unspecified atom stereocenters. The van der Waals surface area contributed by atoms with Gasteiger partial charge in [-0.1, -0.05) is 17.4 Å². The molecule has 0 atom stereocenters. The Balaban J connectivity index is 1.38. The first-order chi connectivity index (χ1) is 13.5. The Morgan fingerprint density at radius 3 is 2.79 bits per heavy atom. The normalized spacial score (nSPS) is 11.1. The van der Waals surface area contributed by atoms with Crippen molar-refractivity contribution >= 4 is 32.6 Å². The number of fused-ring (bicyclic) bond motifs is 1. The Labute approximate surface area is 165 Å². The van der Waals surface area contributed by atoms with Crippen molar-refractivity contribution in [3.05, 3.63) is 65.4 Å². The highest BCUT2D eigenvalue weighted by Crippen LogP contribution is 2.29. The molecule has 2 aromatic heterocycles. The number of hydrogen-bond acceptors (Lipinski definition) is 5. The maximum atomic E-state index is 13.0. The largest absolute Gasteiger partial charge is 0.441 e. The number of amides is 1. The molecule has 28 heavy (non-hydrogen) atoms. The lowest BCUT2D eigenvalue weighted by Crippen LogP contribution is -2.12. The number of rotatable bonds is 5. The molecule has 0 saturated carbocycles. The molecule has 0 aliphatic carbocycles. The van der Waals surface area contributed by atoms with Crippen molar-refractivity contribution in [2.24, 2.45) is 0 Å². The third-order valence-electron chi connectivity index (χ3n) is 4.32. The smallest absolute Gasteiger partial charge is 0.226 e. The van der Waals surface area contributed by atoms with Gasteiger partial charge in [-0.25, -0.2) is 14.4 Å². The van der Waals surface area contributed by atoms with Gasteiger partial charge in [0.25, 0.3) is 0 Å². The fraction of sp³-hybridized carbons (Fsp3) is 0.190. The highest BCUT2D eigenvalue weighted by Gasteiger charge is 2.12. The van der Waals surface area contributed by atoms with E-state index in [-0.39, 0.29) is 18.1 Å². The molecular formula is C21H18FN3O2S. The standard InChI is InChI=1S/C21H18FN3O2S/c1-12-9-13(2)20-17(10-12)28-21(25-20)24-18(26)7-8-19-23-11-16(27-19)14-3-5-15(22)6-4-14/h3-6,9-11H,7-8H2,1-2H3,(H,24,25,26). The van der Waals surface area contributed by atoms with Crippen LogP contribution in [0.1, 0.15) is 23.4 Å². The molecule has 0 aliphatic heterocycles. The minimum atomic E-state index is -0.305. The maximum absolute atomic E-state index is 13.0. The SMILES string of the molecule is Cc1cc(C)c2nc(NC(=O)CCc3ncc(-c4ccc(F)cc4)o3)sc2c1. The molecule has 142 valence electrons. The van der Waals surface area contributed by atoms with Crippen LogP contribution in [0.3, 0.4) is 0 Å². The number of halogens is 1. The Morgan fingerprint density at radius 2 is 2.00 bits per heavy atom. The first-order valence-corrected chi connectivity index (χ1v) is 9.68. The summed E-state index contributed by atoms with van der Waals surface area (Å²) in [6.45, 7) is 4.06. The maximum Gasteiger partial charge on any atom is 0.226 e. The van der Waals surface area contributed by atoms with Gasteiger partial charge in [-0.2, -0.15) is 0 Å². The number of carbonyl (C=O) groups excluding carboxylic acids is 1. The third-order valence-corrected chi connectivity index (χ3v) is 5.24. The summed E-state index contributed by atoms with van der Waals surface area (Å²) < 4.78 is 19.7. The van der Waals surface area contributed by atoms with Gasteiger partial charge < -0.3 is 9.73 Å². The highest BCUT2D eigenvalue weighted by molar-refractivity contribution is 7.22. The van der Waals surface area contributed by atoms with Crippen molar-refractivity contribution in [2.75, 3.05) is 5.32 Å². The summed E-state index contributed by atoms with van der Waals surface area (Å²) in [4.78, 5) is 21.0. The Bertz CT molecular complexity index is 1150. The first kappa shape index (κ1) is 18.3. The predicted molar refractivity (Wildman–Crippen MR) is 108 cm³/mol. The van der Waals surface area contributed by atoms with Gasteiger partial charge in [0, 0.05) is 18.4 Å². The monoisotopic (exact) mass is 395 g/mol. The molecule has 1 amide bonds. The zero-order chi connectivity index (χ0) is 19.7. The molecule has 0 fully saturated rings. The fourth-order valence-corrected chi connectivity index (χ4v) is 4.06. The molecular weight excluding hydrogens is 377 g/mol. The molecule has 7 heteroatoms. The van der Waals surface area contributed by atoms with Gasteiger partial charge in [-0.3, -0.25) is 4.79 Å². The minimum absolute atomic E-state index is 0.144. The van der Waals surface area contributed by atoms with Gasteiger partial charge in [-0.15, -0.1) is 0 Å². The summed E-state index contributed by atoms with van der Waals surface area (Å²) in [7, 11) is 0. The van der Waals surface area contributed by atoms with Crippen LogP contribution in [-0.4, -0.2) is 15.9 Å². The van der Waals surface area contributed by atoms with Crippen LogP contribution >= 0.6 is 11.3 Å². The number of benzene rings is 2. The van der Waals surface area contributed by atoms with E-state index in [2.05, 4.69) is 27.4 Å². The van der Waals surface area contributed by atoms with Gasteiger partial charge in [0.15, 0.2) is 16.8 Å². The Morgan fingerprint density at radius 1 is 1.21 bits per heavy atom. The summed E-state index contributed by atoms with van der Waals surface area (Å²) in [5.74, 6) is 0.563. The summed E-state index contributed by atoms with van der Waals surface area (Å²) in [5, 5.41) is 3.44. The topological polar surface area (TPSA) is 68.0 Å². The molecule has 0 radical (unpaired) electrons. The van der Waals surface area contributed by atoms with Crippen LogP contribution in [-0.2, 0) is 11.2 Å². The molecule has 5 nitrogen and oxygen atoms in total. The second-order valence-electron chi connectivity index (χ2n) is 6.62. The van der Waals surface area contributed by atoms with Gasteiger partial charge in [0.05, 0.1) is 16.4 Å². The van der Waals surface area contributed by atoms with Crippen molar-refractivity contribution in [1.29, 1.82) is 0 Å². The molecule has 4 rings (SSSR count). The molecule has 0 spiro atoms. The van der Waals surface area contributed by atoms with Gasteiger partial charge in [0.2, 0.25) is 5.91 Å². The van der Waals surface area contributed by atoms with Crippen LogP contribution in [0.5, 0.6) is 0 Å². The lowest BCUT2D eigenvalue weighted by Gasteiger charge is -1.99. The van der Waals surface area contributed by atoms with E-state index >= 15 is 0 Å². The van der Waals surface area contributed by atoms with Crippen LogP contribution in [0.2, 0.25) is 0 Å². The van der Waals surface area contributed by atoms with Gasteiger partial charge in [-0.05, 0) is 55.3 Å². The molecule has 2 heterocycles. The number of nitrogens with zero attached hydrogens (tertiary/aromatic N) is 2. The predicted octanol–water partition coefficient (Wildman–Crippen LogP) is 5.28. The zero-order valence-corrected chi connectivity index (χ0v) is 16.3. The highest BCUT2D eigenvalue weighted by atomic mass is 32.1. The van der Waals surface area contributed by atoms with Gasteiger partial charge >= 0.3 is 0 Å². The van der Waals surface area contributed by atoms with Crippen molar-refractivity contribution in [2.45, 2.75) is 26.7 Å². The lowest BCUT2D eigenvalue weighted by molar-refractivity contribution is -0.116. The van der Waals surface area contributed by atoms with E-state index < -0.39 is 0 Å². The van der Waals surface area contributed by atoms with E-state index in [1.165, 1.54) is 29.0 Å². The zero-order valence-electron chi connectivity index (χ0n) is 15.5. The minimum Gasteiger partial charge on any atom is -0.441 e. The average Bonchev–Trinajstić information content (AvgIpc) is 3.27. The molecule has 4 aromatic rings. The van der Waals surface area contributed by atoms with E-state index in [9.17, 15) is 9.18 Å². The molecule has 0 saturated heterocycles.